The Morgan fingerprint density at radius 1 is 1.15 bits per heavy atom. The zero-order valence-electron chi connectivity index (χ0n) is 7.14. The third-order valence-corrected chi connectivity index (χ3v) is 1.71. The largest absolute Gasteiger partial charge is 0.269 e. The van der Waals surface area contributed by atoms with E-state index in [1.807, 2.05) is 0 Å². The third kappa shape index (κ3) is 4.52. The smallest absolute Gasteiger partial charge is 0.258 e. The molecule has 0 aliphatic heterocycles. The molecule has 4 heteroatoms. The molecular formula is C9H11NO2S. The molecule has 0 radical (unpaired) electrons. The van der Waals surface area contributed by atoms with Crippen LogP contribution in [-0.2, 0) is 0 Å². The highest BCUT2D eigenvalue weighted by Gasteiger charge is 2.00. The van der Waals surface area contributed by atoms with Crippen molar-refractivity contribution in [2.24, 2.45) is 0 Å². The van der Waals surface area contributed by atoms with Crippen molar-refractivity contribution in [1.29, 1.82) is 0 Å². The normalized spacial score (nSPS) is 12.7. The van der Waals surface area contributed by atoms with Gasteiger partial charge in [0.1, 0.15) is 0 Å². The van der Waals surface area contributed by atoms with Gasteiger partial charge < -0.3 is 0 Å². The average Bonchev–Trinajstić information content (AvgIpc) is 2.90. The van der Waals surface area contributed by atoms with Crippen LogP contribution in [0.4, 0.5) is 5.69 Å². The predicted molar refractivity (Wildman–Crippen MR) is 54.2 cm³/mol. The molecule has 0 heterocycles. The molecule has 0 amide bonds. The SMILES string of the molecule is C1CC1.O=[N+]([O-])c1ccc(S)cc1. The molecule has 0 N–H and O–H groups in total. The van der Waals surface area contributed by atoms with E-state index in [1.54, 1.807) is 12.1 Å². The summed E-state index contributed by atoms with van der Waals surface area (Å²) in [6, 6.07) is 6.01. The molecule has 0 bridgehead atoms. The second-order valence-electron chi connectivity index (χ2n) is 2.83. The first-order valence-corrected chi connectivity index (χ1v) is 4.58. The molecule has 70 valence electrons. The van der Waals surface area contributed by atoms with E-state index in [0.717, 1.165) is 4.90 Å². The van der Waals surface area contributed by atoms with E-state index in [-0.39, 0.29) is 5.69 Å². The maximum atomic E-state index is 10.1. The first-order chi connectivity index (χ1) is 6.20. The summed E-state index contributed by atoms with van der Waals surface area (Å²) in [5.41, 5.74) is 0.0952. The topological polar surface area (TPSA) is 43.1 Å². The summed E-state index contributed by atoms with van der Waals surface area (Å²) in [4.78, 5) is 10.4. The monoisotopic (exact) mass is 197 g/mol. The van der Waals surface area contributed by atoms with Crippen LogP contribution in [0, 0.1) is 10.1 Å². The van der Waals surface area contributed by atoms with Crippen molar-refractivity contribution in [2.75, 3.05) is 0 Å². The lowest BCUT2D eigenvalue weighted by Gasteiger charge is -1.89. The number of rotatable bonds is 1. The van der Waals surface area contributed by atoms with E-state index in [4.69, 9.17) is 0 Å². The molecule has 1 aliphatic carbocycles. The van der Waals surface area contributed by atoms with Crippen LogP contribution in [-0.4, -0.2) is 4.92 Å². The molecule has 1 fully saturated rings. The Morgan fingerprint density at radius 2 is 1.62 bits per heavy atom. The van der Waals surface area contributed by atoms with Gasteiger partial charge in [-0.3, -0.25) is 10.1 Å². The van der Waals surface area contributed by atoms with Crippen LogP contribution in [0.5, 0.6) is 0 Å². The number of non-ortho nitro benzene ring substituents is 1. The average molecular weight is 197 g/mol. The molecule has 1 saturated carbocycles. The second-order valence-corrected chi connectivity index (χ2v) is 3.35. The van der Waals surface area contributed by atoms with Gasteiger partial charge in [0.15, 0.2) is 0 Å². The van der Waals surface area contributed by atoms with Crippen LogP contribution in [0.3, 0.4) is 0 Å². The van der Waals surface area contributed by atoms with Crippen molar-refractivity contribution in [1.82, 2.24) is 0 Å². The lowest BCUT2D eigenvalue weighted by molar-refractivity contribution is -0.384. The quantitative estimate of drug-likeness (QED) is 0.427. The van der Waals surface area contributed by atoms with Gasteiger partial charge in [-0.05, 0) is 12.1 Å². The second kappa shape index (κ2) is 4.87. The van der Waals surface area contributed by atoms with E-state index >= 15 is 0 Å². The van der Waals surface area contributed by atoms with Gasteiger partial charge in [-0.25, -0.2) is 0 Å². The zero-order valence-corrected chi connectivity index (χ0v) is 8.04. The number of nitrogens with zero attached hydrogens (tertiary/aromatic N) is 1. The van der Waals surface area contributed by atoms with Crippen LogP contribution in [0.2, 0.25) is 0 Å². The van der Waals surface area contributed by atoms with E-state index in [1.165, 1.54) is 31.4 Å². The van der Waals surface area contributed by atoms with Crippen molar-refractivity contribution in [3.63, 3.8) is 0 Å². The van der Waals surface area contributed by atoms with Gasteiger partial charge in [0.2, 0.25) is 0 Å². The third-order valence-electron chi connectivity index (χ3n) is 1.41. The molecule has 1 aromatic rings. The lowest BCUT2D eigenvalue weighted by atomic mass is 10.3. The van der Waals surface area contributed by atoms with E-state index in [9.17, 15) is 10.1 Å². The van der Waals surface area contributed by atoms with Gasteiger partial charge in [0.25, 0.3) is 5.69 Å². The number of nitro benzene ring substituents is 1. The van der Waals surface area contributed by atoms with Gasteiger partial charge in [0.05, 0.1) is 4.92 Å². The Morgan fingerprint density at radius 3 is 1.92 bits per heavy atom. The van der Waals surface area contributed by atoms with Crippen LogP contribution < -0.4 is 0 Å². The summed E-state index contributed by atoms with van der Waals surface area (Å²) < 4.78 is 0. The molecule has 1 aliphatic rings. The summed E-state index contributed by atoms with van der Waals surface area (Å²) in [5.74, 6) is 0. The number of nitro groups is 1. The molecular weight excluding hydrogens is 186 g/mol. The molecule has 2 rings (SSSR count). The molecule has 0 spiro atoms. The van der Waals surface area contributed by atoms with Crippen LogP contribution >= 0.6 is 12.6 Å². The standard InChI is InChI=1S/C6H5NO2S.C3H6/c8-7(9)5-1-3-6(10)4-2-5;1-2-3-1/h1-4,10H;1-3H2. The summed E-state index contributed by atoms with van der Waals surface area (Å²) in [6.45, 7) is 0. The van der Waals surface area contributed by atoms with E-state index < -0.39 is 4.92 Å². The number of thiol groups is 1. The fraction of sp³-hybridized carbons (Fsp3) is 0.333. The highest BCUT2D eigenvalue weighted by atomic mass is 32.1. The Labute approximate surface area is 82.3 Å². The predicted octanol–water partition coefficient (Wildman–Crippen LogP) is 3.05. The van der Waals surface area contributed by atoms with Gasteiger partial charge in [-0.15, -0.1) is 12.6 Å². The van der Waals surface area contributed by atoms with Crippen molar-refractivity contribution in [2.45, 2.75) is 24.2 Å². The Balaban J connectivity index is 0.000000236. The summed E-state index contributed by atoms with van der Waals surface area (Å²) in [6.07, 6.45) is 4.50. The van der Waals surface area contributed by atoms with Crippen LogP contribution in [0.1, 0.15) is 19.3 Å². The van der Waals surface area contributed by atoms with Crippen molar-refractivity contribution >= 4 is 18.3 Å². The molecule has 0 aromatic heterocycles. The minimum absolute atomic E-state index is 0.0952. The fourth-order valence-electron chi connectivity index (χ4n) is 0.574. The molecule has 1 aromatic carbocycles. The van der Waals surface area contributed by atoms with Gasteiger partial charge in [-0.1, -0.05) is 19.3 Å². The highest BCUT2D eigenvalue weighted by Crippen LogP contribution is 2.15. The lowest BCUT2D eigenvalue weighted by Crippen LogP contribution is -1.85. The maximum absolute atomic E-state index is 10.1. The van der Waals surface area contributed by atoms with Gasteiger partial charge in [0, 0.05) is 17.0 Å². The number of hydrogen-bond donors (Lipinski definition) is 1. The van der Waals surface area contributed by atoms with Crippen LogP contribution in [0.25, 0.3) is 0 Å². The zero-order chi connectivity index (χ0) is 9.68. The van der Waals surface area contributed by atoms with Gasteiger partial charge >= 0.3 is 0 Å². The van der Waals surface area contributed by atoms with Crippen molar-refractivity contribution in [3.8, 4) is 0 Å². The van der Waals surface area contributed by atoms with Crippen molar-refractivity contribution in [3.05, 3.63) is 34.4 Å². The maximum Gasteiger partial charge on any atom is 0.269 e. The Kier molecular flexibility index (Phi) is 3.76. The van der Waals surface area contributed by atoms with E-state index in [0.29, 0.717) is 0 Å². The number of hydrogen-bond acceptors (Lipinski definition) is 3. The fourth-order valence-corrected chi connectivity index (χ4v) is 0.723. The highest BCUT2D eigenvalue weighted by molar-refractivity contribution is 7.80. The minimum atomic E-state index is -0.437. The molecule has 0 unspecified atom stereocenters. The first kappa shape index (κ1) is 10.1. The summed E-state index contributed by atoms with van der Waals surface area (Å²) in [5, 5.41) is 10.1. The van der Waals surface area contributed by atoms with Crippen LogP contribution in [0.15, 0.2) is 29.2 Å². The Bertz CT molecular complexity index is 279. The number of benzene rings is 1. The summed E-state index contributed by atoms with van der Waals surface area (Å²) in [7, 11) is 0. The van der Waals surface area contributed by atoms with E-state index in [2.05, 4.69) is 12.6 Å². The summed E-state index contributed by atoms with van der Waals surface area (Å²) >= 11 is 3.98. The van der Waals surface area contributed by atoms with Gasteiger partial charge in [-0.2, -0.15) is 0 Å². The van der Waals surface area contributed by atoms with Crippen molar-refractivity contribution < 1.29 is 4.92 Å². The molecule has 0 atom stereocenters. The molecule has 13 heavy (non-hydrogen) atoms. The Hall–Kier alpha value is -1.03. The first-order valence-electron chi connectivity index (χ1n) is 4.13. The molecule has 3 nitrogen and oxygen atoms in total. The minimum Gasteiger partial charge on any atom is -0.258 e. The molecule has 0 saturated heterocycles.